The lowest BCUT2D eigenvalue weighted by Crippen LogP contribution is -2.02. The van der Waals surface area contributed by atoms with Gasteiger partial charge in [-0.15, -0.1) is 0 Å². The van der Waals surface area contributed by atoms with Crippen LogP contribution in [0.15, 0.2) is 24.4 Å². The molecule has 5 heteroatoms. The standard InChI is InChI=1S/C12H10FNO3/c1-16-8-4-10(13)9-3-7(12(15)17-2)6-14-11(9)5-8/h3-6H,1-2H3. The van der Waals surface area contributed by atoms with Crippen molar-refractivity contribution in [2.24, 2.45) is 0 Å². The number of pyridine rings is 1. The third-order valence-electron chi connectivity index (χ3n) is 2.38. The van der Waals surface area contributed by atoms with Gasteiger partial charge in [0.05, 0.1) is 25.3 Å². The third-order valence-corrected chi connectivity index (χ3v) is 2.38. The summed E-state index contributed by atoms with van der Waals surface area (Å²) in [7, 11) is 2.71. The van der Waals surface area contributed by atoms with Crippen LogP contribution in [0.2, 0.25) is 0 Å². The van der Waals surface area contributed by atoms with E-state index < -0.39 is 11.8 Å². The maximum absolute atomic E-state index is 13.7. The zero-order valence-corrected chi connectivity index (χ0v) is 9.36. The molecule has 0 radical (unpaired) electrons. The molecule has 0 amide bonds. The number of carbonyl (C=O) groups is 1. The average Bonchev–Trinajstić information content (AvgIpc) is 2.37. The molecule has 88 valence electrons. The van der Waals surface area contributed by atoms with Crippen molar-refractivity contribution >= 4 is 16.9 Å². The van der Waals surface area contributed by atoms with Gasteiger partial charge < -0.3 is 9.47 Å². The first-order valence-electron chi connectivity index (χ1n) is 4.87. The first-order valence-corrected chi connectivity index (χ1v) is 4.87. The molecule has 0 spiro atoms. The minimum atomic E-state index is -0.547. The number of rotatable bonds is 2. The summed E-state index contributed by atoms with van der Waals surface area (Å²) in [4.78, 5) is 15.3. The van der Waals surface area contributed by atoms with Crippen molar-refractivity contribution < 1.29 is 18.7 Å². The monoisotopic (exact) mass is 235 g/mol. The van der Waals surface area contributed by atoms with Crippen molar-refractivity contribution in [1.29, 1.82) is 0 Å². The molecule has 0 saturated carbocycles. The topological polar surface area (TPSA) is 48.4 Å². The highest BCUT2D eigenvalue weighted by molar-refractivity contribution is 5.94. The molecule has 4 nitrogen and oxygen atoms in total. The zero-order chi connectivity index (χ0) is 12.4. The molecule has 0 aliphatic heterocycles. The lowest BCUT2D eigenvalue weighted by Gasteiger charge is -2.05. The van der Waals surface area contributed by atoms with E-state index in [4.69, 9.17) is 4.74 Å². The molecule has 0 unspecified atom stereocenters. The van der Waals surface area contributed by atoms with E-state index in [1.807, 2.05) is 0 Å². The summed E-state index contributed by atoms with van der Waals surface area (Å²) in [6, 6.07) is 4.24. The van der Waals surface area contributed by atoms with Crippen molar-refractivity contribution in [3.63, 3.8) is 0 Å². The van der Waals surface area contributed by atoms with Gasteiger partial charge in [-0.05, 0) is 6.07 Å². The van der Waals surface area contributed by atoms with E-state index in [9.17, 15) is 9.18 Å². The molecule has 0 N–H and O–H groups in total. The van der Waals surface area contributed by atoms with Crippen LogP contribution in [0.5, 0.6) is 5.75 Å². The van der Waals surface area contributed by atoms with Crippen molar-refractivity contribution in [1.82, 2.24) is 4.98 Å². The van der Waals surface area contributed by atoms with Gasteiger partial charge in [0.2, 0.25) is 0 Å². The molecule has 2 aromatic rings. The first-order chi connectivity index (χ1) is 8.15. The van der Waals surface area contributed by atoms with Gasteiger partial charge in [-0.1, -0.05) is 0 Å². The Balaban J connectivity index is 2.62. The maximum Gasteiger partial charge on any atom is 0.339 e. The molecule has 0 bridgehead atoms. The molecule has 0 aliphatic carbocycles. The molecule has 1 aromatic heterocycles. The van der Waals surface area contributed by atoms with Crippen LogP contribution in [0.4, 0.5) is 4.39 Å². The average molecular weight is 235 g/mol. The van der Waals surface area contributed by atoms with Crippen LogP contribution in [-0.2, 0) is 4.74 Å². The van der Waals surface area contributed by atoms with E-state index in [-0.39, 0.29) is 10.9 Å². The van der Waals surface area contributed by atoms with Gasteiger partial charge in [-0.3, -0.25) is 4.98 Å². The van der Waals surface area contributed by atoms with Gasteiger partial charge in [-0.25, -0.2) is 9.18 Å². The number of benzene rings is 1. The van der Waals surface area contributed by atoms with Gasteiger partial charge in [0.25, 0.3) is 0 Å². The van der Waals surface area contributed by atoms with Crippen molar-refractivity contribution in [3.05, 3.63) is 35.8 Å². The Morgan fingerprint density at radius 1 is 1.29 bits per heavy atom. The number of hydrogen-bond acceptors (Lipinski definition) is 4. The summed E-state index contributed by atoms with van der Waals surface area (Å²) < 4.78 is 23.2. The van der Waals surface area contributed by atoms with Gasteiger partial charge in [0.1, 0.15) is 11.6 Å². The van der Waals surface area contributed by atoms with Gasteiger partial charge in [0, 0.05) is 23.7 Å². The van der Waals surface area contributed by atoms with Crippen molar-refractivity contribution in [2.75, 3.05) is 14.2 Å². The second-order valence-electron chi connectivity index (χ2n) is 3.39. The smallest absolute Gasteiger partial charge is 0.339 e. The number of methoxy groups -OCH3 is 2. The molecular weight excluding hydrogens is 225 g/mol. The van der Waals surface area contributed by atoms with Crippen LogP contribution in [0.25, 0.3) is 10.9 Å². The number of hydrogen-bond donors (Lipinski definition) is 0. The molecular formula is C12H10FNO3. The van der Waals surface area contributed by atoms with Crippen LogP contribution in [0, 0.1) is 5.82 Å². The highest BCUT2D eigenvalue weighted by Crippen LogP contribution is 2.23. The molecule has 1 heterocycles. The maximum atomic E-state index is 13.7. The summed E-state index contributed by atoms with van der Waals surface area (Å²) in [5, 5.41) is 0.258. The molecule has 0 saturated heterocycles. The Hall–Kier alpha value is -2.17. The fraction of sp³-hybridized carbons (Fsp3) is 0.167. The van der Waals surface area contributed by atoms with Crippen LogP contribution < -0.4 is 4.74 Å². The molecule has 0 atom stereocenters. The SMILES string of the molecule is COC(=O)c1cnc2cc(OC)cc(F)c2c1. The van der Waals surface area contributed by atoms with E-state index in [1.54, 1.807) is 6.07 Å². The van der Waals surface area contributed by atoms with E-state index in [2.05, 4.69) is 9.72 Å². The summed E-state index contributed by atoms with van der Waals surface area (Å²) in [5.41, 5.74) is 0.638. The van der Waals surface area contributed by atoms with Crippen molar-refractivity contribution in [3.8, 4) is 5.75 Å². The second kappa shape index (κ2) is 4.37. The summed E-state index contributed by atoms with van der Waals surface area (Å²) in [5.74, 6) is -0.652. The first kappa shape index (κ1) is 11.3. The Bertz CT molecular complexity index is 583. The van der Waals surface area contributed by atoms with E-state index in [0.717, 1.165) is 0 Å². The number of carbonyl (C=O) groups excluding carboxylic acids is 1. The fourth-order valence-corrected chi connectivity index (χ4v) is 1.51. The molecule has 17 heavy (non-hydrogen) atoms. The normalized spacial score (nSPS) is 10.3. The number of ether oxygens (including phenoxy) is 2. The number of halogens is 1. The van der Waals surface area contributed by atoms with E-state index >= 15 is 0 Å². The lowest BCUT2D eigenvalue weighted by atomic mass is 10.1. The summed E-state index contributed by atoms with van der Waals surface area (Å²) >= 11 is 0. The van der Waals surface area contributed by atoms with Crippen LogP contribution >= 0.6 is 0 Å². The minimum Gasteiger partial charge on any atom is -0.497 e. The molecule has 0 fully saturated rings. The number of esters is 1. The van der Waals surface area contributed by atoms with Gasteiger partial charge >= 0.3 is 5.97 Å². The predicted octanol–water partition coefficient (Wildman–Crippen LogP) is 2.17. The minimum absolute atomic E-state index is 0.212. The second-order valence-corrected chi connectivity index (χ2v) is 3.39. The molecule has 0 aliphatic rings. The Morgan fingerprint density at radius 2 is 2.06 bits per heavy atom. The highest BCUT2D eigenvalue weighted by Gasteiger charge is 2.10. The van der Waals surface area contributed by atoms with Crippen LogP contribution in [0.1, 0.15) is 10.4 Å². The van der Waals surface area contributed by atoms with E-state index in [1.165, 1.54) is 32.5 Å². The van der Waals surface area contributed by atoms with Crippen LogP contribution in [0.3, 0.4) is 0 Å². The largest absolute Gasteiger partial charge is 0.497 e. The molecule has 2 rings (SSSR count). The molecule has 1 aromatic carbocycles. The Morgan fingerprint density at radius 3 is 2.71 bits per heavy atom. The van der Waals surface area contributed by atoms with Gasteiger partial charge in [0.15, 0.2) is 0 Å². The van der Waals surface area contributed by atoms with Crippen molar-refractivity contribution in [2.45, 2.75) is 0 Å². The highest BCUT2D eigenvalue weighted by atomic mass is 19.1. The van der Waals surface area contributed by atoms with Crippen LogP contribution in [-0.4, -0.2) is 25.2 Å². The Kier molecular flexibility index (Phi) is 2.91. The lowest BCUT2D eigenvalue weighted by molar-refractivity contribution is 0.0600. The number of nitrogens with zero attached hydrogens (tertiary/aromatic N) is 1. The number of fused-ring (bicyclic) bond motifs is 1. The summed E-state index contributed by atoms with van der Waals surface area (Å²) in [6.45, 7) is 0. The van der Waals surface area contributed by atoms with Gasteiger partial charge in [-0.2, -0.15) is 0 Å². The van der Waals surface area contributed by atoms with E-state index in [0.29, 0.717) is 11.3 Å². The zero-order valence-electron chi connectivity index (χ0n) is 9.36. The Labute approximate surface area is 97.0 Å². The number of aromatic nitrogens is 1. The third kappa shape index (κ3) is 2.04. The predicted molar refractivity (Wildman–Crippen MR) is 59.6 cm³/mol. The quantitative estimate of drug-likeness (QED) is 0.748. The summed E-state index contributed by atoms with van der Waals surface area (Å²) in [6.07, 6.45) is 1.34. The fourth-order valence-electron chi connectivity index (χ4n) is 1.51.